The number of anilines is 2. The fourth-order valence-electron chi connectivity index (χ4n) is 2.23. The van der Waals surface area contributed by atoms with Gasteiger partial charge in [-0.15, -0.1) is 13.2 Å². The van der Waals surface area contributed by atoms with Crippen LogP contribution in [0.25, 0.3) is 0 Å². The highest BCUT2D eigenvalue weighted by Crippen LogP contribution is 2.32. The zero-order valence-corrected chi connectivity index (χ0v) is 15.8. The number of carbonyl (C=O) groups excluding carboxylic acids is 1. The predicted octanol–water partition coefficient (Wildman–Crippen LogP) is 2.25. The maximum atomic E-state index is 13.0. The second-order valence-corrected chi connectivity index (χ2v) is 7.57. The summed E-state index contributed by atoms with van der Waals surface area (Å²) in [6, 6.07) is 4.70. The molecule has 0 aliphatic carbocycles. The van der Waals surface area contributed by atoms with Gasteiger partial charge in [-0.3, -0.25) is 0 Å². The maximum absolute atomic E-state index is 13.0. The van der Waals surface area contributed by atoms with Gasteiger partial charge in [-0.05, 0) is 30.3 Å². The van der Waals surface area contributed by atoms with Crippen molar-refractivity contribution in [1.29, 1.82) is 0 Å². The third kappa shape index (κ3) is 4.44. The molecule has 1 heterocycles. The summed E-state index contributed by atoms with van der Waals surface area (Å²) >= 11 is 0. The molecule has 0 radical (unpaired) electrons. The number of alkyl halides is 3. The number of esters is 1. The number of benzene rings is 1. The third-order valence-electron chi connectivity index (χ3n) is 3.46. The van der Waals surface area contributed by atoms with Gasteiger partial charge in [0.1, 0.15) is 16.5 Å². The second kappa shape index (κ2) is 7.54. The van der Waals surface area contributed by atoms with Crippen LogP contribution in [0.5, 0.6) is 5.75 Å². The van der Waals surface area contributed by atoms with Crippen LogP contribution in [0.15, 0.2) is 40.1 Å². The number of carbonyl (C=O) groups is 1. The first-order chi connectivity index (χ1) is 12.9. The van der Waals surface area contributed by atoms with E-state index in [2.05, 4.69) is 14.5 Å². The van der Waals surface area contributed by atoms with Crippen molar-refractivity contribution in [2.24, 2.45) is 0 Å². The minimum Gasteiger partial charge on any atom is -0.464 e. The smallest absolute Gasteiger partial charge is 0.464 e. The van der Waals surface area contributed by atoms with Crippen LogP contribution >= 0.6 is 0 Å². The first-order valence-electron chi connectivity index (χ1n) is 7.54. The lowest BCUT2D eigenvalue weighted by molar-refractivity contribution is -0.274. The topological polar surface area (TPSA) is 112 Å². The average molecular weight is 419 g/mol. The highest BCUT2D eigenvalue weighted by atomic mass is 32.2. The summed E-state index contributed by atoms with van der Waals surface area (Å²) in [4.78, 5) is 16.4. The van der Waals surface area contributed by atoms with E-state index >= 15 is 0 Å². The van der Waals surface area contributed by atoms with E-state index in [1.807, 2.05) is 0 Å². The molecule has 0 amide bonds. The number of methoxy groups -OCH3 is 1. The largest absolute Gasteiger partial charge is 0.573 e. The molecule has 2 aromatic rings. The maximum Gasteiger partial charge on any atom is 0.573 e. The Hall–Kier alpha value is -3.02. The molecule has 2 rings (SSSR count). The molecule has 0 saturated heterocycles. The van der Waals surface area contributed by atoms with Crippen molar-refractivity contribution < 1.29 is 35.9 Å². The lowest BCUT2D eigenvalue weighted by Gasteiger charge is -2.18. The molecule has 0 unspecified atom stereocenters. The van der Waals surface area contributed by atoms with Crippen LogP contribution in [-0.4, -0.2) is 46.9 Å². The zero-order valence-electron chi connectivity index (χ0n) is 14.9. The molecular formula is C16H16F3N3O5S. The van der Waals surface area contributed by atoms with E-state index in [4.69, 9.17) is 5.73 Å². The second-order valence-electron chi connectivity index (χ2n) is 5.66. The van der Waals surface area contributed by atoms with Gasteiger partial charge in [0, 0.05) is 14.1 Å². The van der Waals surface area contributed by atoms with Gasteiger partial charge in [0.25, 0.3) is 0 Å². The molecule has 2 N–H and O–H groups in total. The van der Waals surface area contributed by atoms with Crippen LogP contribution in [-0.2, 0) is 14.6 Å². The van der Waals surface area contributed by atoms with Gasteiger partial charge in [0.2, 0.25) is 9.84 Å². The van der Waals surface area contributed by atoms with Gasteiger partial charge in [0.15, 0.2) is 5.69 Å². The summed E-state index contributed by atoms with van der Waals surface area (Å²) in [7, 11) is -0.103. The first-order valence-corrected chi connectivity index (χ1v) is 9.02. The van der Waals surface area contributed by atoms with Crippen LogP contribution in [0.1, 0.15) is 10.5 Å². The van der Waals surface area contributed by atoms with Gasteiger partial charge < -0.3 is 20.1 Å². The molecule has 0 spiro atoms. The molecule has 0 bridgehead atoms. The molecule has 1 aromatic carbocycles. The van der Waals surface area contributed by atoms with Crippen molar-refractivity contribution in [2.45, 2.75) is 16.2 Å². The van der Waals surface area contributed by atoms with Crippen LogP contribution in [0, 0.1) is 0 Å². The van der Waals surface area contributed by atoms with Gasteiger partial charge in [0.05, 0.1) is 17.7 Å². The summed E-state index contributed by atoms with van der Waals surface area (Å²) in [5, 5.41) is 0. The number of hydrogen-bond acceptors (Lipinski definition) is 8. The molecule has 0 fully saturated rings. The van der Waals surface area contributed by atoms with E-state index in [0.29, 0.717) is 0 Å². The number of ether oxygens (including phenoxy) is 2. The summed E-state index contributed by atoms with van der Waals surface area (Å²) in [5.74, 6) is -1.51. The predicted molar refractivity (Wildman–Crippen MR) is 92.9 cm³/mol. The van der Waals surface area contributed by atoms with Crippen LogP contribution < -0.4 is 15.4 Å². The van der Waals surface area contributed by atoms with Crippen molar-refractivity contribution in [3.63, 3.8) is 0 Å². The molecule has 0 aliphatic rings. The molecule has 0 aliphatic heterocycles. The molecular weight excluding hydrogens is 403 g/mol. The van der Waals surface area contributed by atoms with Crippen molar-refractivity contribution in [1.82, 2.24) is 4.98 Å². The Morgan fingerprint density at radius 1 is 1.18 bits per heavy atom. The Balaban J connectivity index is 2.56. The summed E-state index contributed by atoms with van der Waals surface area (Å²) in [6.45, 7) is 0. The minimum atomic E-state index is -4.90. The molecule has 152 valence electrons. The normalized spacial score (nSPS) is 11.8. The van der Waals surface area contributed by atoms with E-state index < -0.39 is 27.9 Å². The van der Waals surface area contributed by atoms with Crippen LogP contribution in [0.2, 0.25) is 0 Å². The zero-order chi connectivity index (χ0) is 21.3. The molecule has 0 saturated carbocycles. The number of pyridine rings is 1. The van der Waals surface area contributed by atoms with E-state index in [-0.39, 0.29) is 27.0 Å². The SMILES string of the molecule is COC(=O)c1nc(N(C)C)c(S(=O)(=O)c2ccc(OC(F)(F)F)cc2)cc1N. The first kappa shape index (κ1) is 21.3. The number of aromatic nitrogens is 1. The summed E-state index contributed by atoms with van der Waals surface area (Å²) < 4.78 is 71.0. The Bertz CT molecular complexity index is 990. The third-order valence-corrected chi connectivity index (χ3v) is 5.23. The molecule has 12 heteroatoms. The number of rotatable bonds is 5. The minimum absolute atomic E-state index is 0.0924. The number of nitrogen functional groups attached to an aromatic ring is 1. The van der Waals surface area contributed by atoms with E-state index in [1.54, 1.807) is 0 Å². The lowest BCUT2D eigenvalue weighted by atomic mass is 10.3. The monoisotopic (exact) mass is 419 g/mol. The van der Waals surface area contributed by atoms with Gasteiger partial charge in [-0.25, -0.2) is 18.2 Å². The van der Waals surface area contributed by atoms with Crippen molar-refractivity contribution in [3.05, 3.63) is 36.0 Å². The number of nitrogens with zero attached hydrogens (tertiary/aromatic N) is 2. The molecule has 1 aromatic heterocycles. The standard InChI is InChI=1S/C16H16F3N3O5S/c1-22(2)14-12(8-11(20)13(21-14)15(23)26-3)28(24,25)10-6-4-9(5-7-10)27-16(17,18)19/h4-8H,20H2,1-3H3. The average Bonchev–Trinajstić information content (AvgIpc) is 2.59. The fraction of sp³-hybridized carbons (Fsp3) is 0.250. The van der Waals surface area contributed by atoms with Gasteiger partial charge >= 0.3 is 12.3 Å². The van der Waals surface area contributed by atoms with Crippen LogP contribution in [0.4, 0.5) is 24.7 Å². The molecule has 28 heavy (non-hydrogen) atoms. The Kier molecular flexibility index (Phi) is 5.73. The molecule has 0 atom stereocenters. The summed E-state index contributed by atoms with van der Waals surface area (Å²) in [5.41, 5.74) is 5.25. The highest BCUT2D eigenvalue weighted by molar-refractivity contribution is 7.91. The number of nitrogens with two attached hydrogens (primary N) is 1. The van der Waals surface area contributed by atoms with E-state index in [1.165, 1.54) is 19.0 Å². The van der Waals surface area contributed by atoms with Crippen molar-refractivity contribution in [3.8, 4) is 5.75 Å². The Morgan fingerprint density at radius 3 is 2.21 bits per heavy atom. The highest BCUT2D eigenvalue weighted by Gasteiger charge is 2.32. The number of halogens is 3. The van der Waals surface area contributed by atoms with Crippen molar-refractivity contribution >= 4 is 27.3 Å². The van der Waals surface area contributed by atoms with E-state index in [0.717, 1.165) is 37.4 Å². The fourth-order valence-corrected chi connectivity index (χ4v) is 3.72. The number of hydrogen-bond donors (Lipinski definition) is 1. The number of sulfone groups is 1. The van der Waals surface area contributed by atoms with Gasteiger partial charge in [-0.2, -0.15) is 0 Å². The quantitative estimate of drug-likeness (QED) is 0.735. The Morgan fingerprint density at radius 2 is 1.75 bits per heavy atom. The Labute approximate surface area is 158 Å². The summed E-state index contributed by atoms with van der Waals surface area (Å²) in [6.07, 6.45) is -4.90. The van der Waals surface area contributed by atoms with Gasteiger partial charge in [-0.1, -0.05) is 0 Å². The van der Waals surface area contributed by atoms with Crippen LogP contribution in [0.3, 0.4) is 0 Å². The molecule has 8 nitrogen and oxygen atoms in total. The van der Waals surface area contributed by atoms with Crippen molar-refractivity contribution in [2.75, 3.05) is 31.8 Å². The van der Waals surface area contributed by atoms with E-state index in [9.17, 15) is 26.4 Å². The lowest BCUT2D eigenvalue weighted by Crippen LogP contribution is -2.20.